The minimum atomic E-state index is 1.09. The third kappa shape index (κ3) is 6.71. The summed E-state index contributed by atoms with van der Waals surface area (Å²) < 4.78 is 0. The molecule has 0 aromatic carbocycles. The fourth-order valence-electron chi connectivity index (χ4n) is 1.68. The summed E-state index contributed by atoms with van der Waals surface area (Å²) in [5, 5.41) is 0. The molecular formula is C14H22. The largest absolute Gasteiger partial charge is 0.0882 e. The summed E-state index contributed by atoms with van der Waals surface area (Å²) in [4.78, 5) is 0. The van der Waals surface area contributed by atoms with Crippen LogP contribution in [0.25, 0.3) is 0 Å². The van der Waals surface area contributed by atoms with Crippen LogP contribution in [0.15, 0.2) is 36.5 Å². The van der Waals surface area contributed by atoms with E-state index in [1.807, 2.05) is 0 Å². The van der Waals surface area contributed by atoms with E-state index in [2.05, 4.69) is 36.5 Å². The first-order chi connectivity index (χ1) is 7.00. The van der Waals surface area contributed by atoms with Gasteiger partial charge in [0.25, 0.3) is 0 Å². The minimum absolute atomic E-state index is 1.09. The Bertz CT molecular complexity index is 196. The van der Waals surface area contributed by atoms with Gasteiger partial charge in [-0.15, -0.1) is 0 Å². The van der Waals surface area contributed by atoms with Gasteiger partial charge in [0.2, 0.25) is 0 Å². The number of allylic oxidation sites excluding steroid dienone is 6. The molecule has 0 heteroatoms. The molecule has 1 rings (SSSR count). The molecule has 0 atom stereocenters. The van der Waals surface area contributed by atoms with Gasteiger partial charge in [-0.3, -0.25) is 0 Å². The van der Waals surface area contributed by atoms with Crippen LogP contribution in [0.3, 0.4) is 0 Å². The van der Waals surface area contributed by atoms with Gasteiger partial charge in [0.05, 0.1) is 0 Å². The molecule has 0 saturated carbocycles. The van der Waals surface area contributed by atoms with Crippen LogP contribution in [0.4, 0.5) is 0 Å². The summed E-state index contributed by atoms with van der Waals surface area (Å²) in [5.74, 6) is 0. The Morgan fingerprint density at radius 3 is 2.00 bits per heavy atom. The van der Waals surface area contributed by atoms with Crippen molar-refractivity contribution in [3.05, 3.63) is 36.5 Å². The molecule has 0 nitrogen and oxygen atoms in total. The lowest BCUT2D eigenvalue weighted by atomic mass is 10.1. The predicted octanol–water partition coefficient (Wildman–Crippen LogP) is 4.79. The van der Waals surface area contributed by atoms with Crippen LogP contribution in [0.1, 0.15) is 51.4 Å². The zero-order valence-corrected chi connectivity index (χ0v) is 9.12. The zero-order chi connectivity index (χ0) is 9.90. The second kappa shape index (κ2) is 8.80. The van der Waals surface area contributed by atoms with Crippen LogP contribution in [0, 0.1) is 0 Å². The van der Waals surface area contributed by atoms with Crippen molar-refractivity contribution in [2.24, 2.45) is 0 Å². The quantitative estimate of drug-likeness (QED) is 0.482. The van der Waals surface area contributed by atoms with E-state index in [9.17, 15) is 0 Å². The molecule has 0 radical (unpaired) electrons. The van der Waals surface area contributed by atoms with Gasteiger partial charge >= 0.3 is 0 Å². The van der Waals surface area contributed by atoms with Crippen molar-refractivity contribution in [1.29, 1.82) is 0 Å². The molecule has 0 heterocycles. The van der Waals surface area contributed by atoms with Crippen molar-refractivity contribution in [1.82, 2.24) is 0 Å². The highest BCUT2D eigenvalue weighted by Crippen LogP contribution is 2.08. The summed E-state index contributed by atoms with van der Waals surface area (Å²) in [7, 11) is 0. The van der Waals surface area contributed by atoms with Crippen molar-refractivity contribution in [3.8, 4) is 0 Å². The fourth-order valence-corrected chi connectivity index (χ4v) is 1.68. The molecule has 0 amide bonds. The third-order valence-corrected chi connectivity index (χ3v) is 2.56. The zero-order valence-electron chi connectivity index (χ0n) is 9.12. The van der Waals surface area contributed by atoms with Crippen LogP contribution in [0.2, 0.25) is 0 Å². The van der Waals surface area contributed by atoms with Gasteiger partial charge in [-0.25, -0.2) is 0 Å². The summed E-state index contributed by atoms with van der Waals surface area (Å²) in [5.41, 5.74) is 0. The lowest BCUT2D eigenvalue weighted by molar-refractivity contribution is 0.621. The highest BCUT2D eigenvalue weighted by atomic mass is 13.9. The van der Waals surface area contributed by atoms with Crippen LogP contribution >= 0.6 is 0 Å². The Morgan fingerprint density at radius 2 is 1.14 bits per heavy atom. The molecule has 1 aliphatic carbocycles. The normalized spacial score (nSPS) is 27.4. The molecule has 0 spiro atoms. The SMILES string of the molecule is C1=C/C/C=C/CCCCCCC/C=C/1. The van der Waals surface area contributed by atoms with E-state index < -0.39 is 0 Å². The highest BCUT2D eigenvalue weighted by Gasteiger charge is 1.88. The lowest BCUT2D eigenvalue weighted by Crippen LogP contribution is -1.78. The van der Waals surface area contributed by atoms with E-state index in [1.165, 1.54) is 44.9 Å². The Labute approximate surface area is 88.4 Å². The Morgan fingerprint density at radius 1 is 0.500 bits per heavy atom. The molecule has 0 aromatic rings. The molecule has 0 fully saturated rings. The van der Waals surface area contributed by atoms with E-state index in [4.69, 9.17) is 0 Å². The second-order valence-electron chi connectivity index (χ2n) is 3.91. The van der Waals surface area contributed by atoms with Gasteiger partial charge in [-0.2, -0.15) is 0 Å². The smallest absolute Gasteiger partial charge is 0.0166 e. The Hall–Kier alpha value is -0.780. The van der Waals surface area contributed by atoms with Gasteiger partial charge in [0, 0.05) is 0 Å². The van der Waals surface area contributed by atoms with E-state index >= 15 is 0 Å². The number of hydrogen-bond acceptors (Lipinski definition) is 0. The van der Waals surface area contributed by atoms with Gasteiger partial charge < -0.3 is 0 Å². The van der Waals surface area contributed by atoms with E-state index in [0.29, 0.717) is 0 Å². The summed E-state index contributed by atoms with van der Waals surface area (Å²) in [6, 6.07) is 0. The maximum absolute atomic E-state index is 2.32. The van der Waals surface area contributed by atoms with Gasteiger partial charge in [-0.1, -0.05) is 55.7 Å². The predicted molar refractivity (Wildman–Crippen MR) is 64.4 cm³/mol. The van der Waals surface area contributed by atoms with E-state index in [-0.39, 0.29) is 0 Å². The molecule has 0 unspecified atom stereocenters. The third-order valence-electron chi connectivity index (χ3n) is 2.56. The maximum Gasteiger partial charge on any atom is -0.0166 e. The minimum Gasteiger partial charge on any atom is -0.0882 e. The first-order valence-electron chi connectivity index (χ1n) is 5.97. The number of rotatable bonds is 0. The fraction of sp³-hybridized carbons (Fsp3) is 0.571. The first-order valence-corrected chi connectivity index (χ1v) is 5.97. The standard InChI is InChI=1S/C14H22/c1-2-4-6-8-10-12-14-13-11-9-7-5-3-1/h1-4,7,9H,5-6,8,10-14H2/b3-1+,4-2+,9-7+. The molecule has 1 aliphatic rings. The van der Waals surface area contributed by atoms with Crippen molar-refractivity contribution in [3.63, 3.8) is 0 Å². The average molecular weight is 190 g/mol. The first kappa shape index (κ1) is 11.3. The van der Waals surface area contributed by atoms with Gasteiger partial charge in [0.15, 0.2) is 0 Å². The molecule has 0 N–H and O–H groups in total. The molecule has 0 aliphatic heterocycles. The van der Waals surface area contributed by atoms with Crippen LogP contribution in [0.5, 0.6) is 0 Å². The summed E-state index contributed by atoms with van der Waals surface area (Å²) >= 11 is 0. The molecule has 78 valence electrons. The lowest BCUT2D eigenvalue weighted by Gasteiger charge is -1.98. The maximum atomic E-state index is 2.32. The van der Waals surface area contributed by atoms with Crippen LogP contribution < -0.4 is 0 Å². The van der Waals surface area contributed by atoms with Crippen LogP contribution in [-0.4, -0.2) is 0 Å². The van der Waals surface area contributed by atoms with Crippen LogP contribution in [-0.2, 0) is 0 Å². The Balaban J connectivity index is 2.26. The summed E-state index contributed by atoms with van der Waals surface area (Å²) in [6.07, 6.45) is 24.0. The van der Waals surface area contributed by atoms with E-state index in [0.717, 1.165) is 6.42 Å². The van der Waals surface area contributed by atoms with Crippen molar-refractivity contribution in [2.75, 3.05) is 0 Å². The van der Waals surface area contributed by atoms with Gasteiger partial charge in [0.1, 0.15) is 0 Å². The molecular weight excluding hydrogens is 168 g/mol. The monoisotopic (exact) mass is 190 g/mol. The van der Waals surface area contributed by atoms with Crippen molar-refractivity contribution in [2.45, 2.75) is 51.4 Å². The molecule has 0 aromatic heterocycles. The van der Waals surface area contributed by atoms with Gasteiger partial charge in [-0.05, 0) is 32.1 Å². The summed E-state index contributed by atoms with van der Waals surface area (Å²) in [6.45, 7) is 0. The number of hydrogen-bond donors (Lipinski definition) is 0. The second-order valence-corrected chi connectivity index (χ2v) is 3.91. The molecule has 0 bridgehead atoms. The average Bonchev–Trinajstić information content (AvgIpc) is 2.22. The molecule has 0 saturated heterocycles. The molecule has 14 heavy (non-hydrogen) atoms. The topological polar surface area (TPSA) is 0 Å². The van der Waals surface area contributed by atoms with Crippen molar-refractivity contribution < 1.29 is 0 Å². The van der Waals surface area contributed by atoms with Crippen molar-refractivity contribution >= 4 is 0 Å². The van der Waals surface area contributed by atoms with E-state index in [1.54, 1.807) is 0 Å². The Kier molecular flexibility index (Phi) is 7.10. The highest BCUT2D eigenvalue weighted by molar-refractivity contribution is 5.04.